The molecule has 6 nitrogen and oxygen atoms in total. The minimum Gasteiger partial charge on any atom is -0.467 e. The summed E-state index contributed by atoms with van der Waals surface area (Å²) in [6, 6.07) is 3.44. The number of nitrogens with zero attached hydrogens (tertiary/aromatic N) is 2. The molecule has 19 heavy (non-hydrogen) atoms. The number of carbonyl (C=O) groups excluding carboxylic acids is 1. The Bertz CT molecular complexity index is 637. The second-order valence-electron chi connectivity index (χ2n) is 3.63. The second kappa shape index (κ2) is 5.90. The zero-order chi connectivity index (χ0) is 13.8. The highest BCUT2D eigenvalue weighted by Gasteiger charge is 2.10. The van der Waals surface area contributed by atoms with E-state index < -0.39 is 5.56 Å². The lowest BCUT2D eigenvalue weighted by Gasteiger charge is -2.06. The highest BCUT2D eigenvalue weighted by molar-refractivity contribution is 6.41. The molecule has 0 fully saturated rings. The molecule has 2 aromatic heterocycles. The molecule has 0 aromatic carbocycles. The predicted molar refractivity (Wildman–Crippen MR) is 69.1 cm³/mol. The first kappa shape index (κ1) is 13.6. The SMILES string of the molecule is O=C(Cn1ncc(Cl)c(Cl)c1=O)NCc1ccco1. The summed E-state index contributed by atoms with van der Waals surface area (Å²) < 4.78 is 5.99. The summed E-state index contributed by atoms with van der Waals surface area (Å²) in [6.07, 6.45) is 2.72. The number of amides is 1. The van der Waals surface area contributed by atoms with E-state index in [0.717, 1.165) is 4.68 Å². The van der Waals surface area contributed by atoms with Crippen molar-refractivity contribution >= 4 is 29.1 Å². The van der Waals surface area contributed by atoms with Gasteiger partial charge in [-0.25, -0.2) is 4.68 Å². The number of aromatic nitrogens is 2. The van der Waals surface area contributed by atoms with Crippen LogP contribution in [0.25, 0.3) is 0 Å². The van der Waals surface area contributed by atoms with Crippen molar-refractivity contribution in [3.05, 3.63) is 50.8 Å². The number of halogens is 2. The van der Waals surface area contributed by atoms with Gasteiger partial charge >= 0.3 is 0 Å². The van der Waals surface area contributed by atoms with Crippen LogP contribution in [0.15, 0.2) is 33.8 Å². The Kier molecular flexibility index (Phi) is 4.24. The average Bonchev–Trinajstić information content (AvgIpc) is 2.90. The maximum atomic E-state index is 11.6. The fourth-order valence-corrected chi connectivity index (χ4v) is 1.62. The molecule has 2 heterocycles. The number of hydrogen-bond donors (Lipinski definition) is 1. The van der Waals surface area contributed by atoms with Gasteiger partial charge in [-0.05, 0) is 12.1 Å². The van der Waals surface area contributed by atoms with E-state index >= 15 is 0 Å². The third-order valence-electron chi connectivity index (χ3n) is 2.28. The molecular weight excluding hydrogens is 293 g/mol. The van der Waals surface area contributed by atoms with Gasteiger partial charge < -0.3 is 9.73 Å². The van der Waals surface area contributed by atoms with Gasteiger partial charge in [-0.2, -0.15) is 5.10 Å². The Labute approximate surface area is 117 Å². The highest BCUT2D eigenvalue weighted by atomic mass is 35.5. The third kappa shape index (κ3) is 3.36. The van der Waals surface area contributed by atoms with Crippen LogP contribution < -0.4 is 10.9 Å². The van der Waals surface area contributed by atoms with Gasteiger partial charge in [-0.15, -0.1) is 0 Å². The Morgan fingerprint density at radius 3 is 2.95 bits per heavy atom. The van der Waals surface area contributed by atoms with E-state index in [2.05, 4.69) is 10.4 Å². The van der Waals surface area contributed by atoms with Crippen molar-refractivity contribution < 1.29 is 9.21 Å². The topological polar surface area (TPSA) is 77.1 Å². The minimum absolute atomic E-state index is 0.0545. The van der Waals surface area contributed by atoms with Crippen LogP contribution in [0.3, 0.4) is 0 Å². The minimum atomic E-state index is -0.609. The average molecular weight is 302 g/mol. The van der Waals surface area contributed by atoms with E-state index in [9.17, 15) is 9.59 Å². The Balaban J connectivity index is 1.99. The summed E-state index contributed by atoms with van der Waals surface area (Å²) in [5.41, 5.74) is -0.609. The van der Waals surface area contributed by atoms with Crippen LogP contribution >= 0.6 is 23.2 Å². The van der Waals surface area contributed by atoms with E-state index in [4.69, 9.17) is 27.6 Å². The summed E-state index contributed by atoms with van der Waals surface area (Å²) in [5.74, 6) is 0.229. The van der Waals surface area contributed by atoms with Crippen molar-refractivity contribution in [1.82, 2.24) is 15.1 Å². The molecule has 0 aliphatic heterocycles. The monoisotopic (exact) mass is 301 g/mol. The van der Waals surface area contributed by atoms with Gasteiger partial charge in [0.25, 0.3) is 5.56 Å². The number of furan rings is 1. The molecule has 0 radical (unpaired) electrons. The standard InChI is InChI=1S/C11H9Cl2N3O3/c12-8-5-15-16(11(18)10(8)13)6-9(17)14-4-7-2-1-3-19-7/h1-3,5H,4,6H2,(H,14,17). The molecule has 8 heteroatoms. The van der Waals surface area contributed by atoms with Crippen molar-refractivity contribution in [3.63, 3.8) is 0 Å². The predicted octanol–water partition coefficient (Wildman–Crippen LogP) is 1.46. The van der Waals surface area contributed by atoms with Crippen molar-refractivity contribution in [3.8, 4) is 0 Å². The summed E-state index contributed by atoms with van der Waals surface area (Å²) in [6.45, 7) is -0.00165. The van der Waals surface area contributed by atoms with Gasteiger partial charge in [-0.3, -0.25) is 9.59 Å². The smallest absolute Gasteiger partial charge is 0.287 e. The van der Waals surface area contributed by atoms with Crippen molar-refractivity contribution in [2.75, 3.05) is 0 Å². The molecule has 2 rings (SSSR count). The molecule has 0 unspecified atom stereocenters. The first-order valence-electron chi connectivity index (χ1n) is 5.28. The molecule has 100 valence electrons. The van der Waals surface area contributed by atoms with Gasteiger partial charge in [0.1, 0.15) is 17.3 Å². The Morgan fingerprint density at radius 2 is 2.26 bits per heavy atom. The van der Waals surface area contributed by atoms with Crippen LogP contribution in [0.5, 0.6) is 0 Å². The van der Waals surface area contributed by atoms with Crippen LogP contribution in [0.2, 0.25) is 10.0 Å². The van der Waals surface area contributed by atoms with Crippen LogP contribution in [-0.4, -0.2) is 15.7 Å². The number of carbonyl (C=O) groups is 1. The first-order valence-corrected chi connectivity index (χ1v) is 6.03. The molecule has 0 spiro atoms. The zero-order valence-electron chi connectivity index (χ0n) is 9.60. The Morgan fingerprint density at radius 1 is 1.47 bits per heavy atom. The maximum absolute atomic E-state index is 11.6. The molecule has 1 N–H and O–H groups in total. The molecule has 0 aliphatic carbocycles. The van der Waals surface area contributed by atoms with Gasteiger partial charge in [0.2, 0.25) is 5.91 Å². The zero-order valence-corrected chi connectivity index (χ0v) is 11.1. The van der Waals surface area contributed by atoms with E-state index in [1.165, 1.54) is 12.5 Å². The quantitative estimate of drug-likeness (QED) is 0.927. The van der Waals surface area contributed by atoms with E-state index in [0.29, 0.717) is 5.76 Å². The molecule has 1 amide bonds. The van der Waals surface area contributed by atoms with Crippen LogP contribution in [0, 0.1) is 0 Å². The molecule has 0 bridgehead atoms. The molecule has 2 aromatic rings. The lowest BCUT2D eigenvalue weighted by atomic mass is 10.4. The normalized spacial score (nSPS) is 10.4. The molecule has 0 saturated heterocycles. The van der Waals surface area contributed by atoms with Crippen LogP contribution in [-0.2, 0) is 17.9 Å². The summed E-state index contributed by atoms with van der Waals surface area (Å²) >= 11 is 11.3. The lowest BCUT2D eigenvalue weighted by Crippen LogP contribution is -2.33. The van der Waals surface area contributed by atoms with Crippen LogP contribution in [0.1, 0.15) is 5.76 Å². The van der Waals surface area contributed by atoms with E-state index in [1.807, 2.05) is 0 Å². The largest absolute Gasteiger partial charge is 0.467 e. The van der Waals surface area contributed by atoms with E-state index in [-0.39, 0.29) is 29.0 Å². The van der Waals surface area contributed by atoms with Gasteiger partial charge in [0.05, 0.1) is 24.0 Å². The fraction of sp³-hybridized carbons (Fsp3) is 0.182. The van der Waals surface area contributed by atoms with Crippen molar-refractivity contribution in [2.24, 2.45) is 0 Å². The fourth-order valence-electron chi connectivity index (χ4n) is 1.35. The van der Waals surface area contributed by atoms with Gasteiger partial charge in [0, 0.05) is 0 Å². The molecule has 0 atom stereocenters. The maximum Gasteiger partial charge on any atom is 0.287 e. The number of hydrogen-bond acceptors (Lipinski definition) is 4. The van der Waals surface area contributed by atoms with Crippen molar-refractivity contribution in [1.29, 1.82) is 0 Å². The molecular formula is C11H9Cl2N3O3. The van der Waals surface area contributed by atoms with Crippen molar-refractivity contribution in [2.45, 2.75) is 13.1 Å². The molecule has 0 aliphatic rings. The second-order valence-corrected chi connectivity index (χ2v) is 4.41. The highest BCUT2D eigenvalue weighted by Crippen LogP contribution is 2.14. The number of nitrogens with one attached hydrogen (secondary N) is 1. The lowest BCUT2D eigenvalue weighted by molar-refractivity contribution is -0.122. The summed E-state index contributed by atoms with van der Waals surface area (Å²) in [5, 5.41) is 6.21. The van der Waals surface area contributed by atoms with Gasteiger partial charge in [-0.1, -0.05) is 23.2 Å². The van der Waals surface area contributed by atoms with Crippen LogP contribution in [0.4, 0.5) is 0 Å². The first-order chi connectivity index (χ1) is 9.08. The third-order valence-corrected chi connectivity index (χ3v) is 3.02. The summed E-state index contributed by atoms with van der Waals surface area (Å²) in [4.78, 5) is 23.3. The Hall–Kier alpha value is -1.79. The van der Waals surface area contributed by atoms with E-state index in [1.54, 1.807) is 12.1 Å². The molecule has 0 saturated carbocycles. The number of rotatable bonds is 4. The van der Waals surface area contributed by atoms with Gasteiger partial charge in [0.15, 0.2) is 0 Å². The summed E-state index contributed by atoms with van der Waals surface area (Å²) in [7, 11) is 0.